The van der Waals surface area contributed by atoms with Crippen LogP contribution in [0.15, 0.2) is 22.7 Å². The van der Waals surface area contributed by atoms with Gasteiger partial charge in [0.1, 0.15) is 0 Å². The van der Waals surface area contributed by atoms with E-state index in [1.807, 2.05) is 32.0 Å². The molecule has 3 aromatic heterocycles. The first-order valence-electron chi connectivity index (χ1n) is 10.1. The Morgan fingerprint density at radius 3 is 2.63 bits per heavy atom. The summed E-state index contributed by atoms with van der Waals surface area (Å²) in [7, 11) is 0. The third-order valence-electron chi connectivity index (χ3n) is 5.64. The van der Waals surface area contributed by atoms with E-state index in [2.05, 4.69) is 30.7 Å². The SMILES string of the molecule is Cc1cc(C)n(-c2ccc(N3CCC(C(=O)Nc4onc5c4CSC5)CC3)nn2)n1. The molecule has 2 aliphatic rings. The second-order valence-electron chi connectivity index (χ2n) is 7.77. The molecule has 1 N–H and O–H groups in total. The molecule has 0 aliphatic carbocycles. The number of nitrogens with one attached hydrogen (secondary N) is 1. The van der Waals surface area contributed by atoms with Gasteiger partial charge in [-0.25, -0.2) is 4.68 Å². The number of anilines is 2. The number of carbonyl (C=O) groups excluding carboxylic acids is 1. The first-order chi connectivity index (χ1) is 14.6. The first-order valence-corrected chi connectivity index (χ1v) is 11.2. The van der Waals surface area contributed by atoms with Crippen molar-refractivity contribution in [3.8, 4) is 5.82 Å². The minimum atomic E-state index is -0.0435. The van der Waals surface area contributed by atoms with Crippen molar-refractivity contribution in [3.05, 3.63) is 40.8 Å². The molecule has 5 rings (SSSR count). The minimum absolute atomic E-state index is 0.0106. The molecule has 5 heterocycles. The molecule has 1 saturated heterocycles. The summed E-state index contributed by atoms with van der Waals surface area (Å²) in [4.78, 5) is 14.9. The molecule has 1 fully saturated rings. The molecule has 10 heteroatoms. The number of thioether (sulfide) groups is 1. The highest BCUT2D eigenvalue weighted by molar-refractivity contribution is 7.98. The maximum absolute atomic E-state index is 12.7. The predicted octanol–water partition coefficient (Wildman–Crippen LogP) is 2.87. The Hall–Kier alpha value is -2.88. The lowest BCUT2D eigenvalue weighted by molar-refractivity contribution is -0.120. The number of piperidine rings is 1. The Morgan fingerprint density at radius 1 is 1.17 bits per heavy atom. The van der Waals surface area contributed by atoms with E-state index in [4.69, 9.17) is 4.52 Å². The van der Waals surface area contributed by atoms with Gasteiger partial charge >= 0.3 is 0 Å². The van der Waals surface area contributed by atoms with Gasteiger partial charge in [0.05, 0.1) is 17.0 Å². The van der Waals surface area contributed by atoms with Crippen LogP contribution in [-0.2, 0) is 16.3 Å². The van der Waals surface area contributed by atoms with Crippen molar-refractivity contribution in [1.29, 1.82) is 0 Å². The van der Waals surface area contributed by atoms with E-state index in [0.29, 0.717) is 11.7 Å². The number of carbonyl (C=O) groups is 1. The number of aromatic nitrogens is 5. The summed E-state index contributed by atoms with van der Waals surface area (Å²) in [6, 6.07) is 5.91. The van der Waals surface area contributed by atoms with Crippen molar-refractivity contribution in [2.45, 2.75) is 38.2 Å². The second kappa shape index (κ2) is 7.75. The fraction of sp³-hybridized carbons (Fsp3) is 0.450. The van der Waals surface area contributed by atoms with Crippen LogP contribution < -0.4 is 10.2 Å². The van der Waals surface area contributed by atoms with Crippen molar-refractivity contribution in [3.63, 3.8) is 0 Å². The Labute approximate surface area is 178 Å². The van der Waals surface area contributed by atoms with E-state index in [1.54, 1.807) is 16.4 Å². The van der Waals surface area contributed by atoms with Gasteiger partial charge in [-0.15, -0.1) is 10.2 Å². The fourth-order valence-electron chi connectivity index (χ4n) is 4.00. The lowest BCUT2D eigenvalue weighted by Crippen LogP contribution is -2.38. The summed E-state index contributed by atoms with van der Waals surface area (Å²) in [6.45, 7) is 5.48. The van der Waals surface area contributed by atoms with Crippen LogP contribution >= 0.6 is 11.8 Å². The quantitative estimate of drug-likeness (QED) is 0.681. The van der Waals surface area contributed by atoms with Crippen LogP contribution in [0.2, 0.25) is 0 Å². The average Bonchev–Trinajstić information content (AvgIpc) is 3.45. The summed E-state index contributed by atoms with van der Waals surface area (Å²) in [5.74, 6) is 3.72. The zero-order chi connectivity index (χ0) is 20.7. The van der Waals surface area contributed by atoms with E-state index >= 15 is 0 Å². The van der Waals surface area contributed by atoms with Crippen LogP contribution in [0.5, 0.6) is 0 Å². The minimum Gasteiger partial charge on any atom is -0.355 e. The van der Waals surface area contributed by atoms with Crippen LogP contribution in [0.4, 0.5) is 11.7 Å². The average molecular weight is 426 g/mol. The van der Waals surface area contributed by atoms with Crippen LogP contribution in [-0.4, -0.2) is 44.1 Å². The predicted molar refractivity (Wildman–Crippen MR) is 114 cm³/mol. The lowest BCUT2D eigenvalue weighted by atomic mass is 9.96. The normalized spacial score (nSPS) is 16.7. The van der Waals surface area contributed by atoms with Crippen molar-refractivity contribution in [2.75, 3.05) is 23.3 Å². The van der Waals surface area contributed by atoms with Gasteiger partial charge in [-0.05, 0) is 44.9 Å². The van der Waals surface area contributed by atoms with Gasteiger partial charge in [-0.2, -0.15) is 16.9 Å². The number of nitrogens with zero attached hydrogens (tertiary/aromatic N) is 6. The molecular formula is C20H23N7O2S. The second-order valence-corrected chi connectivity index (χ2v) is 8.75. The topological polar surface area (TPSA) is 102 Å². The fourth-order valence-corrected chi connectivity index (χ4v) is 5.02. The molecule has 0 atom stereocenters. The van der Waals surface area contributed by atoms with Gasteiger partial charge in [-0.3, -0.25) is 10.1 Å². The Bertz CT molecular complexity index is 1070. The number of hydrogen-bond donors (Lipinski definition) is 1. The molecule has 0 unspecified atom stereocenters. The van der Waals surface area contributed by atoms with E-state index < -0.39 is 0 Å². The molecule has 2 aliphatic heterocycles. The zero-order valence-corrected chi connectivity index (χ0v) is 17.8. The van der Waals surface area contributed by atoms with Crippen molar-refractivity contribution in [1.82, 2.24) is 25.1 Å². The smallest absolute Gasteiger partial charge is 0.235 e. The Kier molecular flexibility index (Phi) is 4.93. The summed E-state index contributed by atoms with van der Waals surface area (Å²) in [6.07, 6.45) is 1.52. The van der Waals surface area contributed by atoms with E-state index in [1.165, 1.54) is 0 Å². The highest BCUT2D eigenvalue weighted by atomic mass is 32.2. The Balaban J connectivity index is 1.19. The summed E-state index contributed by atoms with van der Waals surface area (Å²) in [5.41, 5.74) is 3.96. The molecular weight excluding hydrogens is 402 g/mol. The largest absolute Gasteiger partial charge is 0.355 e. The van der Waals surface area contributed by atoms with Gasteiger partial charge in [0, 0.05) is 36.2 Å². The highest BCUT2D eigenvalue weighted by Gasteiger charge is 2.29. The van der Waals surface area contributed by atoms with Crippen molar-refractivity contribution >= 4 is 29.4 Å². The van der Waals surface area contributed by atoms with Crippen LogP contribution in [0.25, 0.3) is 5.82 Å². The molecule has 156 valence electrons. The molecule has 0 spiro atoms. The third kappa shape index (κ3) is 3.55. The molecule has 0 radical (unpaired) electrons. The van der Waals surface area contributed by atoms with Crippen LogP contribution in [0.3, 0.4) is 0 Å². The van der Waals surface area contributed by atoms with Crippen molar-refractivity contribution < 1.29 is 9.32 Å². The number of amides is 1. The summed E-state index contributed by atoms with van der Waals surface area (Å²) in [5, 5.41) is 20.2. The molecule has 3 aromatic rings. The molecule has 0 bridgehead atoms. The van der Waals surface area contributed by atoms with Gasteiger partial charge < -0.3 is 9.42 Å². The van der Waals surface area contributed by atoms with E-state index in [0.717, 1.165) is 65.9 Å². The maximum atomic E-state index is 12.7. The standard InChI is InChI=1S/C20H23N7O2S/c1-12-9-13(2)27(24-12)18-4-3-17(22-23-18)26-7-5-14(6-8-26)19(28)21-20-15-10-30-11-16(15)25-29-20/h3-4,9,14H,5-8,10-11H2,1-2H3,(H,21,28). The summed E-state index contributed by atoms with van der Waals surface area (Å²) < 4.78 is 7.11. The maximum Gasteiger partial charge on any atom is 0.235 e. The number of fused-ring (bicyclic) bond motifs is 1. The lowest BCUT2D eigenvalue weighted by Gasteiger charge is -2.31. The van der Waals surface area contributed by atoms with Crippen molar-refractivity contribution in [2.24, 2.45) is 5.92 Å². The molecule has 1 amide bonds. The van der Waals surface area contributed by atoms with Gasteiger partial charge in [0.25, 0.3) is 0 Å². The van der Waals surface area contributed by atoms with E-state index in [-0.39, 0.29) is 11.8 Å². The van der Waals surface area contributed by atoms with Gasteiger partial charge in [-0.1, -0.05) is 5.16 Å². The number of hydrogen-bond acceptors (Lipinski definition) is 8. The molecule has 9 nitrogen and oxygen atoms in total. The number of rotatable bonds is 4. The summed E-state index contributed by atoms with van der Waals surface area (Å²) >= 11 is 1.79. The zero-order valence-electron chi connectivity index (χ0n) is 17.0. The Morgan fingerprint density at radius 2 is 1.93 bits per heavy atom. The van der Waals surface area contributed by atoms with Crippen LogP contribution in [0, 0.1) is 19.8 Å². The molecule has 0 aromatic carbocycles. The number of aryl methyl sites for hydroxylation is 2. The highest BCUT2D eigenvalue weighted by Crippen LogP contribution is 2.35. The monoisotopic (exact) mass is 425 g/mol. The van der Waals surface area contributed by atoms with Gasteiger partial charge in [0.15, 0.2) is 11.6 Å². The third-order valence-corrected chi connectivity index (χ3v) is 6.61. The molecule has 0 saturated carbocycles. The first kappa shape index (κ1) is 19.1. The van der Waals surface area contributed by atoms with E-state index in [9.17, 15) is 4.79 Å². The van der Waals surface area contributed by atoms with Gasteiger partial charge in [0.2, 0.25) is 11.8 Å². The van der Waals surface area contributed by atoms with Crippen LogP contribution in [0.1, 0.15) is 35.5 Å². The molecule has 30 heavy (non-hydrogen) atoms.